The van der Waals surface area contributed by atoms with Crippen LogP contribution >= 0.6 is 0 Å². The summed E-state index contributed by atoms with van der Waals surface area (Å²) in [5.41, 5.74) is 3.79. The van der Waals surface area contributed by atoms with Gasteiger partial charge in [0, 0.05) is 12.6 Å². The highest BCUT2D eigenvalue weighted by Gasteiger charge is 2.05. The molecule has 0 saturated heterocycles. The first-order chi connectivity index (χ1) is 7.95. The van der Waals surface area contributed by atoms with Gasteiger partial charge in [-0.2, -0.15) is 0 Å². The maximum Gasteiger partial charge on any atom is 0.126 e. The lowest BCUT2D eigenvalue weighted by Crippen LogP contribution is -2.01. The molecule has 1 aromatic carbocycles. The Labute approximate surface area is 103 Å². The third kappa shape index (κ3) is 3.52. The van der Waals surface area contributed by atoms with Gasteiger partial charge in [-0.05, 0) is 49.6 Å². The van der Waals surface area contributed by atoms with E-state index in [1.807, 2.05) is 6.07 Å². The first kappa shape index (κ1) is 13.6. The van der Waals surface area contributed by atoms with Crippen LogP contribution < -0.4 is 0 Å². The minimum absolute atomic E-state index is 0.172. The summed E-state index contributed by atoms with van der Waals surface area (Å²) in [5, 5.41) is 0. The summed E-state index contributed by atoms with van der Waals surface area (Å²) in [6.07, 6.45) is 2.07. The molecule has 1 rings (SSSR count). The van der Waals surface area contributed by atoms with Crippen LogP contribution in [-0.4, -0.2) is 12.8 Å². The summed E-state index contributed by atoms with van der Waals surface area (Å²) in [5.74, 6) is 0.321. The van der Waals surface area contributed by atoms with E-state index in [-0.39, 0.29) is 5.82 Å². The zero-order chi connectivity index (χ0) is 13.0. The van der Waals surface area contributed by atoms with Gasteiger partial charge < -0.3 is 0 Å². The number of hydrogen-bond donors (Lipinski definition) is 0. The van der Waals surface area contributed by atoms with Crippen molar-refractivity contribution in [3.05, 3.63) is 46.8 Å². The summed E-state index contributed by atoms with van der Waals surface area (Å²) < 4.78 is 13.2. The lowest BCUT2D eigenvalue weighted by Gasteiger charge is -2.08. The van der Waals surface area contributed by atoms with Crippen molar-refractivity contribution in [1.82, 2.24) is 0 Å². The first-order valence-electron chi connectivity index (χ1n) is 5.87. The number of hydrogen-bond acceptors (Lipinski definition) is 1. The van der Waals surface area contributed by atoms with Gasteiger partial charge in [-0.1, -0.05) is 19.4 Å². The molecule has 0 aliphatic carbocycles. The molecule has 17 heavy (non-hydrogen) atoms. The molecule has 0 unspecified atom stereocenters. The van der Waals surface area contributed by atoms with Crippen molar-refractivity contribution in [2.24, 2.45) is 10.9 Å². The van der Waals surface area contributed by atoms with Crippen LogP contribution in [0.4, 0.5) is 4.39 Å². The van der Waals surface area contributed by atoms with Gasteiger partial charge >= 0.3 is 0 Å². The minimum Gasteiger partial charge on any atom is -0.288 e. The van der Waals surface area contributed by atoms with Crippen molar-refractivity contribution in [1.29, 1.82) is 0 Å². The third-order valence-electron chi connectivity index (χ3n) is 2.97. The lowest BCUT2D eigenvalue weighted by molar-refractivity contribution is 0.618. The van der Waals surface area contributed by atoms with Crippen LogP contribution in [0.3, 0.4) is 0 Å². The predicted octanol–water partition coefficient (Wildman–Crippen LogP) is 4.16. The molecule has 0 heterocycles. The highest BCUT2D eigenvalue weighted by molar-refractivity contribution is 6.09. The van der Waals surface area contributed by atoms with E-state index in [0.29, 0.717) is 11.5 Å². The molecule has 0 aromatic heterocycles. The molecule has 1 nitrogen and oxygen atoms in total. The third-order valence-corrected chi connectivity index (χ3v) is 2.97. The van der Waals surface area contributed by atoms with Crippen molar-refractivity contribution < 1.29 is 4.39 Å². The number of halogens is 1. The van der Waals surface area contributed by atoms with Crippen LogP contribution in [0.1, 0.15) is 31.9 Å². The average Bonchev–Trinajstić information content (AvgIpc) is 2.29. The average molecular weight is 233 g/mol. The van der Waals surface area contributed by atoms with Crippen molar-refractivity contribution in [2.75, 3.05) is 7.05 Å². The molecular formula is C15H20FN. The summed E-state index contributed by atoms with van der Waals surface area (Å²) in [6, 6.07) is 5.10. The van der Waals surface area contributed by atoms with Crippen LogP contribution in [0.25, 0.3) is 0 Å². The van der Waals surface area contributed by atoms with Crippen molar-refractivity contribution >= 4 is 5.71 Å². The van der Waals surface area contributed by atoms with Gasteiger partial charge in [0.2, 0.25) is 0 Å². The summed E-state index contributed by atoms with van der Waals surface area (Å²) in [4.78, 5) is 4.27. The second-order valence-electron chi connectivity index (χ2n) is 4.62. The highest BCUT2D eigenvalue weighted by atomic mass is 19.1. The monoisotopic (exact) mass is 233 g/mol. The van der Waals surface area contributed by atoms with E-state index >= 15 is 0 Å². The van der Waals surface area contributed by atoms with Crippen LogP contribution in [-0.2, 0) is 0 Å². The quantitative estimate of drug-likeness (QED) is 0.695. The lowest BCUT2D eigenvalue weighted by atomic mass is 10.00. The van der Waals surface area contributed by atoms with Crippen LogP contribution in [0.2, 0.25) is 0 Å². The number of allylic oxidation sites excluding steroid dienone is 2. The van der Waals surface area contributed by atoms with E-state index in [0.717, 1.165) is 11.3 Å². The number of aryl methyl sites for hydroxylation is 1. The minimum atomic E-state index is -0.172. The number of rotatable bonds is 3. The van der Waals surface area contributed by atoms with Gasteiger partial charge in [0.15, 0.2) is 0 Å². The highest BCUT2D eigenvalue weighted by Crippen LogP contribution is 2.14. The van der Waals surface area contributed by atoms with Gasteiger partial charge in [0.05, 0.1) is 5.71 Å². The Bertz CT molecular complexity index is 456. The van der Waals surface area contributed by atoms with E-state index < -0.39 is 0 Å². The van der Waals surface area contributed by atoms with Crippen LogP contribution in [0.5, 0.6) is 0 Å². The number of benzene rings is 1. The zero-order valence-corrected chi connectivity index (χ0v) is 11.2. The Kier molecular flexibility index (Phi) is 4.62. The smallest absolute Gasteiger partial charge is 0.126 e. The maximum absolute atomic E-state index is 13.2. The van der Waals surface area contributed by atoms with Gasteiger partial charge in [-0.3, -0.25) is 4.99 Å². The van der Waals surface area contributed by atoms with Crippen molar-refractivity contribution in [3.63, 3.8) is 0 Å². The molecule has 92 valence electrons. The fraction of sp³-hybridized carbons (Fsp3) is 0.400. The van der Waals surface area contributed by atoms with Crippen molar-refractivity contribution in [3.8, 4) is 0 Å². The molecular weight excluding hydrogens is 213 g/mol. The van der Waals surface area contributed by atoms with Gasteiger partial charge in [-0.25, -0.2) is 4.39 Å². The summed E-state index contributed by atoms with van der Waals surface area (Å²) in [6.45, 7) is 8.15. The Morgan fingerprint density at radius 2 is 2.00 bits per heavy atom. The second-order valence-corrected chi connectivity index (χ2v) is 4.62. The molecule has 0 saturated carbocycles. The van der Waals surface area contributed by atoms with E-state index in [9.17, 15) is 4.39 Å². The Morgan fingerprint density at radius 3 is 2.47 bits per heavy atom. The molecule has 0 radical (unpaired) electrons. The van der Waals surface area contributed by atoms with Gasteiger partial charge in [-0.15, -0.1) is 0 Å². The standard InChI is InChI=1S/C15H20FN/c1-10(2)11(3)9-15(17-5)13-6-7-14(16)12(4)8-13/h6-10H,1-5H3. The molecule has 0 bridgehead atoms. The van der Waals surface area contributed by atoms with E-state index in [4.69, 9.17) is 0 Å². The SMILES string of the molecule is CN=C(C=C(C)C(C)C)c1ccc(F)c(C)c1. The largest absolute Gasteiger partial charge is 0.288 e. The number of aliphatic imine (C=N–C) groups is 1. The molecule has 0 amide bonds. The van der Waals surface area contributed by atoms with Crippen molar-refractivity contribution in [2.45, 2.75) is 27.7 Å². The second kappa shape index (κ2) is 5.76. The van der Waals surface area contributed by atoms with E-state index in [2.05, 4.69) is 31.8 Å². The van der Waals surface area contributed by atoms with E-state index in [1.165, 1.54) is 11.6 Å². The summed E-state index contributed by atoms with van der Waals surface area (Å²) >= 11 is 0. The van der Waals surface area contributed by atoms with Crippen LogP contribution in [0, 0.1) is 18.7 Å². The number of nitrogens with zero attached hydrogens (tertiary/aromatic N) is 1. The molecule has 0 fully saturated rings. The Hall–Kier alpha value is -1.44. The Balaban J connectivity index is 3.12. The van der Waals surface area contributed by atoms with Gasteiger partial charge in [0.25, 0.3) is 0 Å². The summed E-state index contributed by atoms with van der Waals surface area (Å²) in [7, 11) is 1.76. The van der Waals surface area contributed by atoms with Gasteiger partial charge in [0.1, 0.15) is 5.82 Å². The molecule has 0 N–H and O–H groups in total. The molecule has 0 aliphatic rings. The predicted molar refractivity (Wildman–Crippen MR) is 72.2 cm³/mol. The molecule has 2 heteroatoms. The van der Waals surface area contributed by atoms with Crippen LogP contribution in [0.15, 0.2) is 34.8 Å². The maximum atomic E-state index is 13.2. The molecule has 0 aliphatic heterocycles. The topological polar surface area (TPSA) is 12.4 Å². The normalized spacial score (nSPS) is 13.4. The fourth-order valence-electron chi connectivity index (χ4n) is 1.46. The van der Waals surface area contributed by atoms with E-state index in [1.54, 1.807) is 20.0 Å². The molecule has 1 aromatic rings. The Morgan fingerprint density at radius 1 is 1.35 bits per heavy atom. The molecule has 0 atom stereocenters. The fourth-order valence-corrected chi connectivity index (χ4v) is 1.46. The zero-order valence-electron chi connectivity index (χ0n) is 11.2. The molecule has 0 spiro atoms. The first-order valence-corrected chi connectivity index (χ1v) is 5.87.